The Kier molecular flexibility index (Phi) is 5.16. The molecule has 1 atom stereocenters. The number of carbonyl (C=O) groups is 1. The van der Waals surface area contributed by atoms with Crippen LogP contribution >= 0.6 is 11.6 Å². The molecule has 1 aromatic carbocycles. The fourth-order valence-electron chi connectivity index (χ4n) is 1.59. The van der Waals surface area contributed by atoms with E-state index < -0.39 is 17.9 Å². The van der Waals surface area contributed by atoms with Gasteiger partial charge in [-0.15, -0.1) is 0 Å². The third-order valence-corrected chi connectivity index (χ3v) is 2.93. The fourth-order valence-corrected chi connectivity index (χ4v) is 1.78. The van der Waals surface area contributed by atoms with E-state index >= 15 is 0 Å². The topological polar surface area (TPSA) is 57.7 Å². The number of ether oxygens (including phenoxy) is 3. The summed E-state index contributed by atoms with van der Waals surface area (Å²) < 4.78 is 28.3. The van der Waals surface area contributed by atoms with Gasteiger partial charge in [0.1, 0.15) is 22.3 Å². The van der Waals surface area contributed by atoms with Crippen molar-refractivity contribution in [2.45, 2.75) is 13.0 Å². The molecule has 0 radical (unpaired) electrons. The molecule has 0 fully saturated rings. The van der Waals surface area contributed by atoms with E-state index in [2.05, 4.69) is 9.72 Å². The monoisotopic (exact) mass is 325 g/mol. The quantitative estimate of drug-likeness (QED) is 0.786. The maximum Gasteiger partial charge on any atom is 0.346 e. The molecular formula is C15H13ClFNO4. The molecule has 0 N–H and O–H groups in total. The number of aromatic nitrogens is 1. The molecule has 0 saturated heterocycles. The molecule has 0 aliphatic heterocycles. The highest BCUT2D eigenvalue weighted by Gasteiger charge is 2.14. The molecule has 0 saturated carbocycles. The fraction of sp³-hybridized carbons (Fsp3) is 0.200. The summed E-state index contributed by atoms with van der Waals surface area (Å²) >= 11 is 5.83. The minimum atomic E-state index is -0.718. The van der Waals surface area contributed by atoms with Gasteiger partial charge in [0.15, 0.2) is 6.10 Å². The number of halogens is 2. The number of esters is 1. The first-order valence-corrected chi connectivity index (χ1v) is 6.71. The number of carbonyl (C=O) groups excluding carboxylic acids is 1. The summed E-state index contributed by atoms with van der Waals surface area (Å²) in [6, 6.07) is 7.57. The first-order chi connectivity index (χ1) is 10.5. The summed E-state index contributed by atoms with van der Waals surface area (Å²) in [6.07, 6.45) is 0.293. The van der Waals surface area contributed by atoms with Gasteiger partial charge in [0.25, 0.3) is 0 Å². The maximum atomic E-state index is 12.9. The van der Waals surface area contributed by atoms with Gasteiger partial charge in [-0.1, -0.05) is 11.6 Å². The van der Waals surface area contributed by atoms with Crippen LogP contribution in [0.2, 0.25) is 5.02 Å². The third kappa shape index (κ3) is 4.08. The second-order valence-electron chi connectivity index (χ2n) is 4.30. The first-order valence-electron chi connectivity index (χ1n) is 6.33. The van der Waals surface area contributed by atoms with Gasteiger partial charge in [-0.05, 0) is 37.3 Å². The van der Waals surface area contributed by atoms with E-state index in [1.807, 2.05) is 0 Å². The summed E-state index contributed by atoms with van der Waals surface area (Å²) in [7, 11) is 1.29. The molecule has 2 rings (SSSR count). The van der Waals surface area contributed by atoms with Crippen LogP contribution in [0.1, 0.15) is 6.92 Å². The predicted octanol–water partition coefficient (Wildman–Crippen LogP) is 3.61. The van der Waals surface area contributed by atoms with Crippen LogP contribution in [0, 0.1) is 5.82 Å². The lowest BCUT2D eigenvalue weighted by Gasteiger charge is -2.12. The molecule has 0 spiro atoms. The summed E-state index contributed by atoms with van der Waals surface area (Å²) in [5.41, 5.74) is 0. The van der Waals surface area contributed by atoms with Crippen LogP contribution in [0.4, 0.5) is 4.39 Å². The van der Waals surface area contributed by atoms with E-state index in [1.54, 1.807) is 31.2 Å². The number of hydrogen-bond donors (Lipinski definition) is 0. The normalized spacial score (nSPS) is 11.6. The van der Waals surface area contributed by atoms with Gasteiger partial charge in [0.05, 0.1) is 13.3 Å². The number of rotatable bonds is 5. The Bertz CT molecular complexity index is 663. The first kappa shape index (κ1) is 16.0. The average molecular weight is 326 g/mol. The maximum absolute atomic E-state index is 12.9. The van der Waals surface area contributed by atoms with Crippen molar-refractivity contribution in [3.63, 3.8) is 0 Å². The Morgan fingerprint density at radius 3 is 2.50 bits per heavy atom. The SMILES string of the molecule is COC(=O)C(C)Oc1ccc(Oc2ncc(F)cc2Cl)cc1. The van der Waals surface area contributed by atoms with Crippen molar-refractivity contribution in [3.05, 3.63) is 47.4 Å². The van der Waals surface area contributed by atoms with Gasteiger partial charge in [-0.25, -0.2) is 14.2 Å². The van der Waals surface area contributed by atoms with E-state index in [4.69, 9.17) is 21.1 Å². The third-order valence-electron chi connectivity index (χ3n) is 2.66. The average Bonchev–Trinajstić information content (AvgIpc) is 2.51. The summed E-state index contributed by atoms with van der Waals surface area (Å²) in [5.74, 6) is 0.00247. The molecule has 1 heterocycles. The summed E-state index contributed by atoms with van der Waals surface area (Å²) in [4.78, 5) is 15.0. The van der Waals surface area contributed by atoms with Crippen LogP contribution in [0.5, 0.6) is 17.4 Å². The van der Waals surface area contributed by atoms with Crippen molar-refractivity contribution in [3.8, 4) is 17.4 Å². The highest BCUT2D eigenvalue weighted by Crippen LogP contribution is 2.28. The second-order valence-corrected chi connectivity index (χ2v) is 4.70. The Labute approximate surface area is 131 Å². The van der Waals surface area contributed by atoms with Crippen molar-refractivity contribution in [2.75, 3.05) is 7.11 Å². The van der Waals surface area contributed by atoms with Crippen LogP contribution in [-0.2, 0) is 9.53 Å². The molecule has 116 valence electrons. The molecule has 2 aromatic rings. The van der Waals surface area contributed by atoms with E-state index in [0.29, 0.717) is 11.5 Å². The number of nitrogens with zero attached hydrogens (tertiary/aromatic N) is 1. The van der Waals surface area contributed by atoms with Crippen molar-refractivity contribution in [2.24, 2.45) is 0 Å². The van der Waals surface area contributed by atoms with Crippen molar-refractivity contribution < 1.29 is 23.4 Å². The lowest BCUT2D eigenvalue weighted by Crippen LogP contribution is -2.24. The standard InChI is InChI=1S/C15H13ClFNO4/c1-9(15(19)20-2)21-11-3-5-12(6-4-11)22-14-13(16)7-10(17)8-18-14/h3-9H,1-2H3. The molecule has 5 nitrogen and oxygen atoms in total. The van der Waals surface area contributed by atoms with Gasteiger partial charge in [-0.3, -0.25) is 0 Å². The van der Waals surface area contributed by atoms with E-state index in [-0.39, 0.29) is 10.9 Å². The minimum absolute atomic E-state index is 0.0691. The molecule has 7 heteroatoms. The molecule has 0 bridgehead atoms. The number of benzene rings is 1. The van der Waals surface area contributed by atoms with Gasteiger partial charge < -0.3 is 14.2 Å². The van der Waals surface area contributed by atoms with Gasteiger partial charge in [-0.2, -0.15) is 0 Å². The Morgan fingerprint density at radius 2 is 1.91 bits per heavy atom. The lowest BCUT2D eigenvalue weighted by atomic mass is 10.3. The van der Waals surface area contributed by atoms with Crippen molar-refractivity contribution in [1.82, 2.24) is 4.98 Å². The summed E-state index contributed by atoms with van der Waals surface area (Å²) in [5, 5.41) is 0.0691. The minimum Gasteiger partial charge on any atom is -0.479 e. The van der Waals surface area contributed by atoms with E-state index in [1.165, 1.54) is 7.11 Å². The lowest BCUT2D eigenvalue weighted by molar-refractivity contribution is -0.147. The second kappa shape index (κ2) is 7.09. The van der Waals surface area contributed by atoms with Crippen molar-refractivity contribution >= 4 is 17.6 Å². The Balaban J connectivity index is 2.04. The number of methoxy groups -OCH3 is 1. The zero-order valence-corrected chi connectivity index (χ0v) is 12.6. The molecule has 0 aliphatic carbocycles. The molecule has 1 unspecified atom stereocenters. The molecular weight excluding hydrogens is 313 g/mol. The molecule has 22 heavy (non-hydrogen) atoms. The van der Waals surface area contributed by atoms with Crippen LogP contribution < -0.4 is 9.47 Å². The van der Waals surface area contributed by atoms with Crippen LogP contribution in [0.15, 0.2) is 36.5 Å². The Morgan fingerprint density at radius 1 is 1.27 bits per heavy atom. The number of pyridine rings is 1. The van der Waals surface area contributed by atoms with Crippen LogP contribution in [-0.4, -0.2) is 24.2 Å². The van der Waals surface area contributed by atoms with Gasteiger partial charge in [0.2, 0.25) is 5.88 Å². The largest absolute Gasteiger partial charge is 0.479 e. The smallest absolute Gasteiger partial charge is 0.346 e. The zero-order chi connectivity index (χ0) is 16.1. The van der Waals surface area contributed by atoms with Gasteiger partial charge in [0, 0.05) is 0 Å². The molecule has 0 amide bonds. The van der Waals surface area contributed by atoms with Crippen LogP contribution in [0.3, 0.4) is 0 Å². The van der Waals surface area contributed by atoms with E-state index in [0.717, 1.165) is 12.3 Å². The van der Waals surface area contributed by atoms with E-state index in [9.17, 15) is 9.18 Å². The Hall–Kier alpha value is -2.34. The highest BCUT2D eigenvalue weighted by atomic mass is 35.5. The highest BCUT2D eigenvalue weighted by molar-refractivity contribution is 6.31. The predicted molar refractivity (Wildman–Crippen MR) is 77.8 cm³/mol. The summed E-state index contributed by atoms with van der Waals surface area (Å²) in [6.45, 7) is 1.58. The number of hydrogen-bond acceptors (Lipinski definition) is 5. The van der Waals surface area contributed by atoms with Gasteiger partial charge >= 0.3 is 5.97 Å². The molecule has 0 aliphatic rings. The molecule has 1 aromatic heterocycles. The van der Waals surface area contributed by atoms with Crippen molar-refractivity contribution in [1.29, 1.82) is 0 Å². The van der Waals surface area contributed by atoms with Crippen LogP contribution in [0.25, 0.3) is 0 Å². The zero-order valence-electron chi connectivity index (χ0n) is 11.9.